The lowest BCUT2D eigenvalue weighted by atomic mass is 10.2. The Morgan fingerprint density at radius 1 is 1.27 bits per heavy atom. The molecule has 0 saturated heterocycles. The van der Waals surface area contributed by atoms with Crippen molar-refractivity contribution in [2.45, 2.75) is 45.3 Å². The molecule has 1 rings (SSSR count). The van der Waals surface area contributed by atoms with Crippen LogP contribution in [0.2, 0.25) is 0 Å². The second-order valence-electron chi connectivity index (χ2n) is 3.29. The van der Waals surface area contributed by atoms with E-state index in [2.05, 4.69) is 18.7 Å². The summed E-state index contributed by atoms with van der Waals surface area (Å²) in [4.78, 5) is 2.36. The zero-order valence-corrected chi connectivity index (χ0v) is 7.58. The molecule has 0 aromatic rings. The molecular formula is C9H19NO. The largest absolute Gasteiger partial charge is 0.391 e. The molecule has 11 heavy (non-hydrogen) atoms. The van der Waals surface area contributed by atoms with Gasteiger partial charge in [-0.3, -0.25) is 4.90 Å². The number of aliphatic hydroxyl groups excluding tert-OH is 1. The van der Waals surface area contributed by atoms with Crippen molar-refractivity contribution in [1.82, 2.24) is 4.90 Å². The molecule has 2 heteroatoms. The van der Waals surface area contributed by atoms with E-state index in [1.165, 1.54) is 12.8 Å². The van der Waals surface area contributed by atoms with Gasteiger partial charge in [0.15, 0.2) is 0 Å². The molecule has 0 aromatic carbocycles. The Balaban J connectivity index is 2.43. The minimum Gasteiger partial charge on any atom is -0.391 e. The maximum Gasteiger partial charge on any atom is 0.0695 e. The van der Waals surface area contributed by atoms with Gasteiger partial charge >= 0.3 is 0 Å². The van der Waals surface area contributed by atoms with E-state index in [1.807, 2.05) is 0 Å². The highest BCUT2D eigenvalue weighted by molar-refractivity contribution is 4.83. The molecule has 0 aromatic heterocycles. The third kappa shape index (κ3) is 1.94. The average Bonchev–Trinajstić information content (AvgIpc) is 2.40. The zero-order chi connectivity index (χ0) is 8.27. The van der Waals surface area contributed by atoms with Gasteiger partial charge in [-0.15, -0.1) is 0 Å². The summed E-state index contributed by atoms with van der Waals surface area (Å²) < 4.78 is 0. The summed E-state index contributed by atoms with van der Waals surface area (Å²) in [7, 11) is 0. The highest BCUT2D eigenvalue weighted by atomic mass is 16.3. The van der Waals surface area contributed by atoms with Crippen molar-refractivity contribution in [3.05, 3.63) is 0 Å². The van der Waals surface area contributed by atoms with Crippen LogP contribution in [0.1, 0.15) is 33.1 Å². The van der Waals surface area contributed by atoms with Gasteiger partial charge in [-0.05, 0) is 32.4 Å². The van der Waals surface area contributed by atoms with Crippen LogP contribution in [0.25, 0.3) is 0 Å². The molecule has 66 valence electrons. The number of hydrogen-bond donors (Lipinski definition) is 1. The molecule has 0 bridgehead atoms. The van der Waals surface area contributed by atoms with Gasteiger partial charge in [-0.25, -0.2) is 0 Å². The predicted octanol–water partition coefficient (Wildman–Crippen LogP) is 1.24. The van der Waals surface area contributed by atoms with Gasteiger partial charge in [-0.1, -0.05) is 13.8 Å². The van der Waals surface area contributed by atoms with Crippen LogP contribution >= 0.6 is 0 Å². The Hall–Kier alpha value is -0.0800. The van der Waals surface area contributed by atoms with Crippen molar-refractivity contribution in [2.75, 3.05) is 13.1 Å². The van der Waals surface area contributed by atoms with Gasteiger partial charge in [0, 0.05) is 6.04 Å². The molecular weight excluding hydrogens is 138 g/mol. The quantitative estimate of drug-likeness (QED) is 0.666. The number of aliphatic hydroxyl groups is 1. The number of hydrogen-bond acceptors (Lipinski definition) is 2. The molecule has 0 unspecified atom stereocenters. The van der Waals surface area contributed by atoms with Crippen LogP contribution in [-0.4, -0.2) is 35.2 Å². The normalized spacial score (nSPS) is 31.6. The highest BCUT2D eigenvalue weighted by Gasteiger charge is 2.28. The first kappa shape index (κ1) is 9.01. The smallest absolute Gasteiger partial charge is 0.0695 e. The molecule has 1 fully saturated rings. The van der Waals surface area contributed by atoms with E-state index in [0.717, 1.165) is 19.5 Å². The average molecular weight is 157 g/mol. The molecule has 0 spiro atoms. The van der Waals surface area contributed by atoms with Crippen LogP contribution in [0.5, 0.6) is 0 Å². The third-order valence-electron chi connectivity index (χ3n) is 2.73. The van der Waals surface area contributed by atoms with Gasteiger partial charge in [0.05, 0.1) is 6.10 Å². The van der Waals surface area contributed by atoms with Crippen LogP contribution < -0.4 is 0 Å². The maximum atomic E-state index is 9.58. The van der Waals surface area contributed by atoms with Crippen LogP contribution in [0.3, 0.4) is 0 Å². The van der Waals surface area contributed by atoms with Crippen LogP contribution in [-0.2, 0) is 0 Å². The first-order valence-corrected chi connectivity index (χ1v) is 4.71. The minimum atomic E-state index is -0.0603. The molecule has 0 amide bonds. The Morgan fingerprint density at radius 3 is 2.27 bits per heavy atom. The fraction of sp³-hybridized carbons (Fsp3) is 1.00. The van der Waals surface area contributed by atoms with E-state index in [9.17, 15) is 5.11 Å². The fourth-order valence-corrected chi connectivity index (χ4v) is 2.04. The van der Waals surface area contributed by atoms with Crippen LogP contribution in [0.4, 0.5) is 0 Å². The Kier molecular flexibility index (Phi) is 3.34. The Bertz CT molecular complexity index is 112. The van der Waals surface area contributed by atoms with Crippen molar-refractivity contribution in [2.24, 2.45) is 0 Å². The van der Waals surface area contributed by atoms with E-state index in [0.29, 0.717) is 6.04 Å². The SMILES string of the molecule is CCN(CC)[C@H]1CCC[C@@H]1O. The molecule has 2 atom stereocenters. The highest BCUT2D eigenvalue weighted by Crippen LogP contribution is 2.23. The van der Waals surface area contributed by atoms with E-state index in [1.54, 1.807) is 0 Å². The molecule has 1 saturated carbocycles. The van der Waals surface area contributed by atoms with E-state index < -0.39 is 0 Å². The van der Waals surface area contributed by atoms with Crippen molar-refractivity contribution in [1.29, 1.82) is 0 Å². The fourth-order valence-electron chi connectivity index (χ4n) is 2.04. The lowest BCUT2D eigenvalue weighted by molar-refractivity contribution is 0.0771. The standard InChI is InChI=1S/C9H19NO/c1-3-10(4-2)8-6-5-7-9(8)11/h8-9,11H,3-7H2,1-2H3/t8-,9-/m0/s1. The summed E-state index contributed by atoms with van der Waals surface area (Å²) in [6, 6.07) is 0.449. The summed E-state index contributed by atoms with van der Waals surface area (Å²) in [6.45, 7) is 6.46. The van der Waals surface area contributed by atoms with E-state index in [4.69, 9.17) is 0 Å². The molecule has 2 nitrogen and oxygen atoms in total. The first-order valence-electron chi connectivity index (χ1n) is 4.71. The van der Waals surface area contributed by atoms with Crippen molar-refractivity contribution in [3.8, 4) is 0 Å². The zero-order valence-electron chi connectivity index (χ0n) is 7.58. The minimum absolute atomic E-state index is 0.0603. The Morgan fingerprint density at radius 2 is 1.91 bits per heavy atom. The van der Waals surface area contributed by atoms with Crippen LogP contribution in [0, 0.1) is 0 Å². The second-order valence-corrected chi connectivity index (χ2v) is 3.29. The van der Waals surface area contributed by atoms with E-state index >= 15 is 0 Å². The summed E-state index contributed by atoms with van der Waals surface area (Å²) in [5.41, 5.74) is 0. The van der Waals surface area contributed by atoms with Gasteiger partial charge in [0.2, 0.25) is 0 Å². The Labute approximate surface area is 69.2 Å². The van der Waals surface area contributed by atoms with Crippen molar-refractivity contribution in [3.63, 3.8) is 0 Å². The van der Waals surface area contributed by atoms with Gasteiger partial charge in [0.25, 0.3) is 0 Å². The lowest BCUT2D eigenvalue weighted by Crippen LogP contribution is -2.39. The monoisotopic (exact) mass is 157 g/mol. The number of nitrogens with zero attached hydrogens (tertiary/aromatic N) is 1. The summed E-state index contributed by atoms with van der Waals surface area (Å²) in [6.07, 6.45) is 3.32. The molecule has 1 N–H and O–H groups in total. The van der Waals surface area contributed by atoms with Gasteiger partial charge in [0.1, 0.15) is 0 Å². The first-order chi connectivity index (χ1) is 5.29. The molecule has 1 aliphatic carbocycles. The molecule has 0 aliphatic heterocycles. The van der Waals surface area contributed by atoms with Gasteiger partial charge < -0.3 is 5.11 Å². The number of rotatable bonds is 3. The van der Waals surface area contributed by atoms with E-state index in [-0.39, 0.29) is 6.10 Å². The summed E-state index contributed by atoms with van der Waals surface area (Å²) in [5, 5.41) is 9.58. The molecule has 0 heterocycles. The van der Waals surface area contributed by atoms with Crippen molar-refractivity contribution < 1.29 is 5.11 Å². The van der Waals surface area contributed by atoms with Crippen LogP contribution in [0.15, 0.2) is 0 Å². The summed E-state index contributed by atoms with van der Waals surface area (Å²) in [5.74, 6) is 0. The summed E-state index contributed by atoms with van der Waals surface area (Å²) >= 11 is 0. The van der Waals surface area contributed by atoms with Crippen molar-refractivity contribution >= 4 is 0 Å². The van der Waals surface area contributed by atoms with Gasteiger partial charge in [-0.2, -0.15) is 0 Å². The number of likely N-dealkylation sites (N-methyl/N-ethyl adjacent to an activating group) is 1. The predicted molar refractivity (Wildman–Crippen MR) is 46.6 cm³/mol. The lowest BCUT2D eigenvalue weighted by Gasteiger charge is -2.28. The second kappa shape index (κ2) is 4.07. The molecule has 0 radical (unpaired) electrons. The third-order valence-corrected chi connectivity index (χ3v) is 2.73. The maximum absolute atomic E-state index is 9.58. The topological polar surface area (TPSA) is 23.5 Å². The molecule has 1 aliphatic rings.